The summed E-state index contributed by atoms with van der Waals surface area (Å²) in [5.74, 6) is 0. The molecule has 2 aliphatic heterocycles. The molecule has 0 saturated carbocycles. The van der Waals surface area contributed by atoms with Gasteiger partial charge in [0.2, 0.25) is 0 Å². The lowest BCUT2D eigenvalue weighted by Crippen LogP contribution is -2.57. The Balaban J connectivity index is 1.79. The molecule has 0 atom stereocenters. The van der Waals surface area contributed by atoms with Crippen LogP contribution in [0.4, 0.5) is 0 Å². The number of aliphatic hydroxyl groups is 1. The first-order valence-corrected chi connectivity index (χ1v) is 7.30. The van der Waals surface area contributed by atoms with E-state index in [2.05, 4.69) is 35.9 Å². The predicted octanol–water partition coefficient (Wildman–Crippen LogP) is 0.517. The molecule has 2 N–H and O–H groups in total. The molecular weight excluding hydrogens is 226 g/mol. The number of nitrogens with zero attached hydrogens (tertiary/aromatic N) is 2. The summed E-state index contributed by atoms with van der Waals surface area (Å²) in [4.78, 5) is 4.98. The molecule has 4 nitrogen and oxygen atoms in total. The zero-order valence-corrected chi connectivity index (χ0v) is 12.2. The molecule has 0 aromatic carbocycles. The number of rotatable bonds is 2. The molecule has 0 aromatic rings. The smallest absolute Gasteiger partial charge is 0.0798 e. The monoisotopic (exact) mass is 255 g/mol. The van der Waals surface area contributed by atoms with Gasteiger partial charge in [-0.25, -0.2) is 0 Å². The van der Waals surface area contributed by atoms with Crippen molar-refractivity contribution >= 4 is 0 Å². The molecule has 0 aliphatic carbocycles. The molecule has 2 heterocycles. The maximum Gasteiger partial charge on any atom is 0.0798 e. The van der Waals surface area contributed by atoms with Gasteiger partial charge in [0, 0.05) is 38.3 Å². The maximum atomic E-state index is 10.6. The van der Waals surface area contributed by atoms with Crippen LogP contribution in [0, 0.1) is 0 Å². The molecule has 0 spiro atoms. The fourth-order valence-electron chi connectivity index (χ4n) is 3.04. The van der Waals surface area contributed by atoms with Gasteiger partial charge in [-0.05, 0) is 46.7 Å². The van der Waals surface area contributed by atoms with Gasteiger partial charge in [-0.1, -0.05) is 0 Å². The highest BCUT2D eigenvalue weighted by molar-refractivity contribution is 4.90. The Morgan fingerprint density at radius 1 is 1.06 bits per heavy atom. The van der Waals surface area contributed by atoms with Crippen molar-refractivity contribution in [2.45, 2.75) is 44.8 Å². The highest BCUT2D eigenvalue weighted by atomic mass is 16.3. The van der Waals surface area contributed by atoms with Crippen molar-refractivity contribution in [3.63, 3.8) is 0 Å². The fourth-order valence-corrected chi connectivity index (χ4v) is 3.04. The quantitative estimate of drug-likeness (QED) is 0.754. The van der Waals surface area contributed by atoms with Gasteiger partial charge >= 0.3 is 0 Å². The van der Waals surface area contributed by atoms with Crippen LogP contribution in [-0.4, -0.2) is 71.9 Å². The zero-order chi connectivity index (χ0) is 13.2. The number of hydrogen-bond acceptors (Lipinski definition) is 4. The van der Waals surface area contributed by atoms with Gasteiger partial charge in [0.05, 0.1) is 5.60 Å². The van der Waals surface area contributed by atoms with Gasteiger partial charge in [-0.2, -0.15) is 0 Å². The lowest BCUT2D eigenvalue weighted by atomic mass is 9.91. The van der Waals surface area contributed by atoms with Crippen LogP contribution < -0.4 is 5.32 Å². The second-order valence-corrected chi connectivity index (χ2v) is 6.91. The van der Waals surface area contributed by atoms with Crippen molar-refractivity contribution in [3.8, 4) is 0 Å². The van der Waals surface area contributed by atoms with Gasteiger partial charge in [0.15, 0.2) is 0 Å². The van der Waals surface area contributed by atoms with Crippen LogP contribution in [0.2, 0.25) is 0 Å². The summed E-state index contributed by atoms with van der Waals surface area (Å²) < 4.78 is 0. The molecule has 0 aromatic heterocycles. The van der Waals surface area contributed by atoms with Crippen LogP contribution in [0.1, 0.15) is 33.6 Å². The van der Waals surface area contributed by atoms with E-state index >= 15 is 0 Å². The molecule has 2 saturated heterocycles. The minimum absolute atomic E-state index is 0.276. The first kappa shape index (κ1) is 14.3. The molecule has 0 radical (unpaired) electrons. The Morgan fingerprint density at radius 3 is 2.11 bits per heavy atom. The second kappa shape index (κ2) is 5.45. The van der Waals surface area contributed by atoms with E-state index in [0.29, 0.717) is 0 Å². The third-order valence-electron chi connectivity index (χ3n) is 4.37. The molecular formula is C14H29N3O. The molecule has 2 aliphatic rings. The van der Waals surface area contributed by atoms with Crippen molar-refractivity contribution in [1.82, 2.24) is 15.1 Å². The largest absolute Gasteiger partial charge is 0.388 e. The molecule has 18 heavy (non-hydrogen) atoms. The Bertz CT molecular complexity index is 261. The lowest BCUT2D eigenvalue weighted by molar-refractivity contribution is -0.0375. The van der Waals surface area contributed by atoms with Crippen LogP contribution in [0.5, 0.6) is 0 Å². The number of piperazine rings is 1. The molecule has 2 rings (SSSR count). The summed E-state index contributed by atoms with van der Waals surface area (Å²) in [6, 6.07) is 0. The summed E-state index contributed by atoms with van der Waals surface area (Å²) in [7, 11) is 0. The molecule has 4 heteroatoms. The average Bonchev–Trinajstić information content (AvgIpc) is 2.29. The van der Waals surface area contributed by atoms with Gasteiger partial charge < -0.3 is 10.4 Å². The average molecular weight is 255 g/mol. The Labute approximate surface area is 111 Å². The highest BCUT2D eigenvalue weighted by Crippen LogP contribution is 2.22. The second-order valence-electron chi connectivity index (χ2n) is 6.91. The molecule has 106 valence electrons. The van der Waals surface area contributed by atoms with Crippen LogP contribution in [-0.2, 0) is 0 Å². The highest BCUT2D eigenvalue weighted by Gasteiger charge is 2.33. The molecule has 2 fully saturated rings. The van der Waals surface area contributed by atoms with E-state index in [9.17, 15) is 5.11 Å². The Morgan fingerprint density at radius 2 is 1.61 bits per heavy atom. The first-order chi connectivity index (χ1) is 8.39. The number of β-amino-alcohol motifs (C(OH)–C–C–N with tert-alkyl or cyclic N) is 1. The van der Waals surface area contributed by atoms with E-state index in [-0.39, 0.29) is 5.54 Å². The van der Waals surface area contributed by atoms with E-state index < -0.39 is 5.60 Å². The predicted molar refractivity (Wildman–Crippen MR) is 74.8 cm³/mol. The number of hydrogen-bond donors (Lipinski definition) is 2. The van der Waals surface area contributed by atoms with E-state index in [1.807, 2.05) is 0 Å². The minimum atomic E-state index is -0.449. The normalized spacial score (nSPS) is 27.3. The van der Waals surface area contributed by atoms with E-state index in [0.717, 1.165) is 58.7 Å². The summed E-state index contributed by atoms with van der Waals surface area (Å²) in [5.41, 5.74) is -0.174. The van der Waals surface area contributed by atoms with E-state index in [1.54, 1.807) is 0 Å². The van der Waals surface area contributed by atoms with Crippen LogP contribution >= 0.6 is 0 Å². The maximum absolute atomic E-state index is 10.6. The van der Waals surface area contributed by atoms with Crippen molar-refractivity contribution in [2.24, 2.45) is 0 Å². The fraction of sp³-hybridized carbons (Fsp3) is 1.00. The van der Waals surface area contributed by atoms with Gasteiger partial charge in [-0.3, -0.25) is 9.80 Å². The SMILES string of the molecule is CC(C)(C)N1CCN(CC2(O)CCNCC2)CC1. The molecule has 0 amide bonds. The standard InChI is InChI=1S/C14H29N3O/c1-13(2,3)17-10-8-16(9-11-17)12-14(18)4-6-15-7-5-14/h15,18H,4-12H2,1-3H3. The third-order valence-corrected chi connectivity index (χ3v) is 4.37. The Hall–Kier alpha value is -0.160. The summed E-state index contributed by atoms with van der Waals surface area (Å²) in [6.07, 6.45) is 1.79. The number of piperidine rings is 1. The van der Waals surface area contributed by atoms with Gasteiger partial charge in [0.1, 0.15) is 0 Å². The molecule has 0 bridgehead atoms. The topological polar surface area (TPSA) is 38.7 Å². The summed E-state index contributed by atoms with van der Waals surface area (Å²) >= 11 is 0. The van der Waals surface area contributed by atoms with Crippen molar-refractivity contribution in [3.05, 3.63) is 0 Å². The number of nitrogens with one attached hydrogen (secondary N) is 1. The van der Waals surface area contributed by atoms with E-state index in [1.165, 1.54) is 0 Å². The van der Waals surface area contributed by atoms with Crippen molar-refractivity contribution < 1.29 is 5.11 Å². The summed E-state index contributed by atoms with van der Waals surface area (Å²) in [5, 5.41) is 13.9. The van der Waals surface area contributed by atoms with Crippen LogP contribution in [0.15, 0.2) is 0 Å². The van der Waals surface area contributed by atoms with Crippen LogP contribution in [0.25, 0.3) is 0 Å². The minimum Gasteiger partial charge on any atom is -0.388 e. The zero-order valence-electron chi connectivity index (χ0n) is 12.2. The first-order valence-electron chi connectivity index (χ1n) is 7.30. The Kier molecular flexibility index (Phi) is 4.32. The van der Waals surface area contributed by atoms with Crippen LogP contribution in [0.3, 0.4) is 0 Å². The van der Waals surface area contributed by atoms with Gasteiger partial charge in [0.25, 0.3) is 0 Å². The van der Waals surface area contributed by atoms with E-state index in [4.69, 9.17) is 0 Å². The molecule has 0 unspecified atom stereocenters. The van der Waals surface area contributed by atoms with Gasteiger partial charge in [-0.15, -0.1) is 0 Å². The summed E-state index contributed by atoms with van der Waals surface area (Å²) in [6.45, 7) is 14.0. The van der Waals surface area contributed by atoms with Crippen molar-refractivity contribution in [1.29, 1.82) is 0 Å². The third kappa shape index (κ3) is 3.67. The van der Waals surface area contributed by atoms with Crippen molar-refractivity contribution in [2.75, 3.05) is 45.8 Å². The lowest BCUT2D eigenvalue weighted by Gasteiger charge is -2.45.